The van der Waals surface area contributed by atoms with E-state index in [-0.39, 0.29) is 30.3 Å². The SMILES string of the molecule is O=C(CNC(=O)c1ccc(Cl)cc1Cl)NCC(=O)OCCN1C(=O)c2ccccc2C1=O. The van der Waals surface area contributed by atoms with Gasteiger partial charge in [-0.25, -0.2) is 0 Å². The largest absolute Gasteiger partial charge is 0.462 e. The molecule has 2 aromatic carbocycles. The topological polar surface area (TPSA) is 122 Å². The zero-order valence-corrected chi connectivity index (χ0v) is 18.0. The standard InChI is InChI=1S/C21H17Cl2N3O6/c22-12-5-6-15(16(23)9-12)19(29)25-10-17(27)24-11-18(28)32-8-7-26-20(30)13-3-1-2-4-14(13)21(26)31/h1-6,9H,7-8,10-11H2,(H,24,27)(H,25,29). The molecule has 3 rings (SSSR count). The van der Waals surface area contributed by atoms with Crippen LogP contribution in [0, 0.1) is 0 Å². The Hall–Kier alpha value is -3.43. The summed E-state index contributed by atoms with van der Waals surface area (Å²) in [7, 11) is 0. The molecule has 1 aliphatic rings. The molecule has 0 aliphatic carbocycles. The van der Waals surface area contributed by atoms with Gasteiger partial charge < -0.3 is 15.4 Å². The van der Waals surface area contributed by atoms with E-state index in [1.165, 1.54) is 18.2 Å². The lowest BCUT2D eigenvalue weighted by Gasteiger charge is -2.14. The van der Waals surface area contributed by atoms with Crippen LogP contribution in [0.4, 0.5) is 0 Å². The Morgan fingerprint density at radius 3 is 2.19 bits per heavy atom. The Bertz CT molecular complexity index is 1070. The van der Waals surface area contributed by atoms with E-state index >= 15 is 0 Å². The molecule has 32 heavy (non-hydrogen) atoms. The van der Waals surface area contributed by atoms with Crippen LogP contribution < -0.4 is 10.6 Å². The second-order valence-electron chi connectivity index (χ2n) is 6.61. The Morgan fingerprint density at radius 1 is 0.906 bits per heavy atom. The van der Waals surface area contributed by atoms with Crippen molar-refractivity contribution in [1.82, 2.24) is 15.5 Å². The van der Waals surface area contributed by atoms with Crippen LogP contribution >= 0.6 is 23.2 Å². The van der Waals surface area contributed by atoms with E-state index in [1.54, 1.807) is 24.3 Å². The quantitative estimate of drug-likeness (QED) is 0.440. The third-order valence-corrected chi connectivity index (χ3v) is 5.02. The molecule has 9 nitrogen and oxygen atoms in total. The highest BCUT2D eigenvalue weighted by Gasteiger charge is 2.34. The fourth-order valence-corrected chi connectivity index (χ4v) is 3.40. The molecule has 166 valence electrons. The minimum atomic E-state index is -0.762. The van der Waals surface area contributed by atoms with E-state index in [4.69, 9.17) is 27.9 Å². The van der Waals surface area contributed by atoms with Crippen LogP contribution in [-0.4, -0.2) is 60.7 Å². The molecule has 0 saturated heterocycles. The highest BCUT2D eigenvalue weighted by Crippen LogP contribution is 2.22. The molecule has 2 N–H and O–H groups in total. The monoisotopic (exact) mass is 477 g/mol. The molecule has 2 aromatic rings. The van der Waals surface area contributed by atoms with Crippen LogP contribution in [-0.2, 0) is 14.3 Å². The minimum absolute atomic E-state index is 0.107. The van der Waals surface area contributed by atoms with Gasteiger partial charge in [-0.1, -0.05) is 35.3 Å². The number of carbonyl (C=O) groups excluding carboxylic acids is 5. The molecule has 4 amide bonds. The average Bonchev–Trinajstić information content (AvgIpc) is 3.01. The van der Waals surface area contributed by atoms with Crippen molar-refractivity contribution in [1.29, 1.82) is 0 Å². The van der Waals surface area contributed by atoms with E-state index in [2.05, 4.69) is 10.6 Å². The van der Waals surface area contributed by atoms with Gasteiger partial charge >= 0.3 is 5.97 Å². The third-order valence-electron chi connectivity index (χ3n) is 4.47. The van der Waals surface area contributed by atoms with Gasteiger partial charge in [0.2, 0.25) is 5.91 Å². The van der Waals surface area contributed by atoms with Gasteiger partial charge in [-0.15, -0.1) is 0 Å². The van der Waals surface area contributed by atoms with Crippen LogP contribution in [0.1, 0.15) is 31.1 Å². The second kappa shape index (κ2) is 10.3. The molecular weight excluding hydrogens is 461 g/mol. The summed E-state index contributed by atoms with van der Waals surface area (Å²) in [5, 5.41) is 5.17. The summed E-state index contributed by atoms with van der Waals surface area (Å²) in [6, 6.07) is 10.7. The van der Waals surface area contributed by atoms with Crippen molar-refractivity contribution in [2.45, 2.75) is 0 Å². The molecule has 0 aromatic heterocycles. The number of nitrogens with zero attached hydrogens (tertiary/aromatic N) is 1. The van der Waals surface area contributed by atoms with Gasteiger partial charge in [0.15, 0.2) is 0 Å². The van der Waals surface area contributed by atoms with E-state index < -0.39 is 36.1 Å². The summed E-state index contributed by atoms with van der Waals surface area (Å²) in [4.78, 5) is 61.1. The number of hydrogen-bond donors (Lipinski definition) is 2. The van der Waals surface area contributed by atoms with Gasteiger partial charge in [0, 0.05) is 5.02 Å². The lowest BCUT2D eigenvalue weighted by Crippen LogP contribution is -2.40. The van der Waals surface area contributed by atoms with Gasteiger partial charge in [0.1, 0.15) is 13.2 Å². The number of carbonyl (C=O) groups is 5. The summed E-state index contributed by atoms with van der Waals surface area (Å²) in [5.74, 6) is -2.87. The summed E-state index contributed by atoms with van der Waals surface area (Å²) in [6.45, 7) is -1.16. The fraction of sp³-hybridized carbons (Fsp3) is 0.190. The lowest BCUT2D eigenvalue weighted by molar-refractivity contribution is -0.144. The number of hydrogen-bond acceptors (Lipinski definition) is 6. The van der Waals surface area contributed by atoms with Crippen molar-refractivity contribution in [2.24, 2.45) is 0 Å². The zero-order valence-electron chi connectivity index (χ0n) is 16.5. The predicted octanol–water partition coefficient (Wildman–Crippen LogP) is 1.68. The van der Waals surface area contributed by atoms with Gasteiger partial charge in [-0.2, -0.15) is 0 Å². The first-order valence-corrected chi connectivity index (χ1v) is 10.1. The van der Waals surface area contributed by atoms with Crippen LogP contribution in [0.15, 0.2) is 42.5 Å². The second-order valence-corrected chi connectivity index (χ2v) is 7.46. The maximum atomic E-state index is 12.2. The Balaban J connectivity index is 1.36. The smallest absolute Gasteiger partial charge is 0.325 e. The van der Waals surface area contributed by atoms with Crippen molar-refractivity contribution in [2.75, 3.05) is 26.2 Å². The number of nitrogens with one attached hydrogen (secondary N) is 2. The summed E-state index contributed by atoms with van der Waals surface area (Å²) in [6.07, 6.45) is 0. The number of fused-ring (bicyclic) bond motifs is 1. The molecular formula is C21H17Cl2N3O6. The number of esters is 1. The maximum Gasteiger partial charge on any atom is 0.325 e. The number of amides is 4. The first kappa shape index (κ1) is 23.2. The Morgan fingerprint density at radius 2 is 1.56 bits per heavy atom. The summed E-state index contributed by atoms with van der Waals surface area (Å²) >= 11 is 11.7. The van der Waals surface area contributed by atoms with Crippen molar-refractivity contribution in [3.8, 4) is 0 Å². The van der Waals surface area contributed by atoms with Crippen molar-refractivity contribution >= 4 is 52.8 Å². The Labute approximate surface area is 192 Å². The molecule has 0 atom stereocenters. The normalized spacial score (nSPS) is 12.4. The van der Waals surface area contributed by atoms with Gasteiger partial charge in [0.25, 0.3) is 17.7 Å². The molecule has 0 unspecified atom stereocenters. The molecule has 0 saturated carbocycles. The minimum Gasteiger partial charge on any atom is -0.462 e. The number of benzene rings is 2. The maximum absolute atomic E-state index is 12.2. The Kier molecular flexibility index (Phi) is 7.45. The zero-order chi connectivity index (χ0) is 23.3. The summed E-state index contributed by atoms with van der Waals surface area (Å²) in [5.41, 5.74) is 0.757. The van der Waals surface area contributed by atoms with E-state index in [0.717, 1.165) is 4.90 Å². The average molecular weight is 478 g/mol. The molecule has 1 heterocycles. The third kappa shape index (κ3) is 5.43. The number of rotatable bonds is 8. The van der Waals surface area contributed by atoms with Gasteiger partial charge in [0.05, 0.1) is 34.8 Å². The van der Waals surface area contributed by atoms with Crippen LogP contribution in [0.2, 0.25) is 10.0 Å². The molecule has 11 heteroatoms. The van der Waals surface area contributed by atoms with Crippen molar-refractivity contribution in [3.63, 3.8) is 0 Å². The van der Waals surface area contributed by atoms with E-state index in [1.807, 2.05) is 0 Å². The fourth-order valence-electron chi connectivity index (χ4n) is 2.91. The first-order chi connectivity index (χ1) is 15.3. The van der Waals surface area contributed by atoms with E-state index in [0.29, 0.717) is 16.1 Å². The molecule has 0 bridgehead atoms. The molecule has 0 spiro atoms. The molecule has 0 fully saturated rings. The first-order valence-electron chi connectivity index (χ1n) is 9.38. The number of ether oxygens (including phenoxy) is 1. The highest BCUT2D eigenvalue weighted by atomic mass is 35.5. The number of imide groups is 1. The van der Waals surface area contributed by atoms with E-state index in [9.17, 15) is 24.0 Å². The highest BCUT2D eigenvalue weighted by molar-refractivity contribution is 6.36. The van der Waals surface area contributed by atoms with Crippen LogP contribution in [0.5, 0.6) is 0 Å². The van der Waals surface area contributed by atoms with Crippen LogP contribution in [0.3, 0.4) is 0 Å². The molecule has 1 aliphatic heterocycles. The van der Waals surface area contributed by atoms with Crippen molar-refractivity contribution in [3.05, 3.63) is 69.2 Å². The number of halogens is 2. The lowest BCUT2D eigenvalue weighted by atomic mass is 10.1. The van der Waals surface area contributed by atoms with Crippen LogP contribution in [0.25, 0.3) is 0 Å². The predicted molar refractivity (Wildman–Crippen MR) is 115 cm³/mol. The molecule has 0 radical (unpaired) electrons. The van der Waals surface area contributed by atoms with Crippen molar-refractivity contribution < 1.29 is 28.7 Å². The van der Waals surface area contributed by atoms with Gasteiger partial charge in [-0.05, 0) is 30.3 Å². The van der Waals surface area contributed by atoms with Gasteiger partial charge in [-0.3, -0.25) is 28.9 Å². The summed E-state index contributed by atoms with van der Waals surface area (Å²) < 4.78 is 4.95.